The third kappa shape index (κ3) is 2.16. The highest BCUT2D eigenvalue weighted by Crippen LogP contribution is 2.32. The highest BCUT2D eigenvalue weighted by molar-refractivity contribution is 7.89. The summed E-state index contributed by atoms with van der Waals surface area (Å²) in [6.45, 7) is 0. The van der Waals surface area contributed by atoms with Gasteiger partial charge in [-0.1, -0.05) is 0 Å². The lowest BCUT2D eigenvalue weighted by molar-refractivity contribution is -0.384. The van der Waals surface area contributed by atoms with Crippen LogP contribution in [0.5, 0.6) is 0 Å². The van der Waals surface area contributed by atoms with Crippen LogP contribution in [0.2, 0.25) is 0 Å². The lowest BCUT2D eigenvalue weighted by Gasteiger charge is -2.16. The zero-order chi connectivity index (χ0) is 13.5. The van der Waals surface area contributed by atoms with Gasteiger partial charge in [0.05, 0.1) is 9.82 Å². The van der Waals surface area contributed by atoms with Crippen LogP contribution in [0.4, 0.5) is 11.4 Å². The van der Waals surface area contributed by atoms with Gasteiger partial charge in [0.2, 0.25) is 10.0 Å². The van der Waals surface area contributed by atoms with E-state index in [0.717, 1.165) is 18.9 Å². The Morgan fingerprint density at radius 2 is 2.06 bits per heavy atom. The largest absolute Gasteiger partial charge is 0.393 e. The lowest BCUT2D eigenvalue weighted by atomic mass is 10.3. The Morgan fingerprint density at radius 1 is 1.44 bits per heavy atom. The van der Waals surface area contributed by atoms with Crippen LogP contribution in [0.3, 0.4) is 0 Å². The molecule has 2 rings (SSSR count). The molecule has 0 atom stereocenters. The summed E-state index contributed by atoms with van der Waals surface area (Å²) in [7, 11) is -2.19. The summed E-state index contributed by atoms with van der Waals surface area (Å²) >= 11 is 0. The van der Waals surface area contributed by atoms with Crippen molar-refractivity contribution in [3.05, 3.63) is 28.3 Å². The van der Waals surface area contributed by atoms with Crippen molar-refractivity contribution in [1.82, 2.24) is 4.31 Å². The molecule has 0 saturated heterocycles. The normalized spacial score (nSPS) is 15.9. The number of nitro groups is 1. The average molecular weight is 271 g/mol. The maximum absolute atomic E-state index is 12.2. The Balaban J connectivity index is 2.44. The molecule has 0 spiro atoms. The highest BCUT2D eigenvalue weighted by Gasteiger charge is 2.35. The van der Waals surface area contributed by atoms with Crippen LogP contribution in [0, 0.1) is 10.1 Å². The molecule has 1 aliphatic carbocycles. The van der Waals surface area contributed by atoms with Crippen LogP contribution in [0.25, 0.3) is 0 Å². The van der Waals surface area contributed by atoms with Gasteiger partial charge in [-0.25, -0.2) is 8.42 Å². The molecule has 0 heterocycles. The highest BCUT2D eigenvalue weighted by atomic mass is 32.2. The fourth-order valence-electron chi connectivity index (χ4n) is 1.64. The van der Waals surface area contributed by atoms with Crippen LogP contribution >= 0.6 is 0 Å². The van der Waals surface area contributed by atoms with Crippen LogP contribution in [0.1, 0.15) is 12.8 Å². The molecule has 1 saturated carbocycles. The van der Waals surface area contributed by atoms with Crippen LogP contribution in [0.15, 0.2) is 23.1 Å². The minimum atomic E-state index is -3.68. The van der Waals surface area contributed by atoms with Crippen molar-refractivity contribution >= 4 is 21.4 Å². The summed E-state index contributed by atoms with van der Waals surface area (Å²) in [4.78, 5) is 9.95. The number of hydrogen-bond acceptors (Lipinski definition) is 5. The number of benzene rings is 1. The first-order valence-corrected chi connectivity index (χ1v) is 6.80. The van der Waals surface area contributed by atoms with Gasteiger partial charge in [0.1, 0.15) is 5.69 Å². The third-order valence-electron chi connectivity index (χ3n) is 2.94. The van der Waals surface area contributed by atoms with E-state index in [4.69, 9.17) is 5.73 Å². The smallest absolute Gasteiger partial charge is 0.293 e. The molecule has 0 unspecified atom stereocenters. The van der Waals surface area contributed by atoms with Crippen molar-refractivity contribution in [3.63, 3.8) is 0 Å². The molecule has 2 N–H and O–H groups in total. The second kappa shape index (κ2) is 4.21. The zero-order valence-electron chi connectivity index (χ0n) is 9.74. The van der Waals surface area contributed by atoms with Gasteiger partial charge in [-0.05, 0) is 25.0 Å². The summed E-state index contributed by atoms with van der Waals surface area (Å²) in [6, 6.07) is 3.54. The maximum atomic E-state index is 12.2. The second-order valence-corrected chi connectivity index (χ2v) is 6.23. The number of nitrogen functional groups attached to an aromatic ring is 1. The molecule has 1 aromatic carbocycles. The summed E-state index contributed by atoms with van der Waals surface area (Å²) in [6.07, 6.45) is 1.65. The molecular formula is C10H13N3O4S. The van der Waals surface area contributed by atoms with Gasteiger partial charge < -0.3 is 5.73 Å². The average Bonchev–Trinajstić information content (AvgIpc) is 3.11. The monoisotopic (exact) mass is 271 g/mol. The van der Waals surface area contributed by atoms with Gasteiger partial charge in [0, 0.05) is 19.2 Å². The van der Waals surface area contributed by atoms with Crippen molar-refractivity contribution in [2.24, 2.45) is 0 Å². The standard InChI is InChI=1S/C10H13N3O4S/c1-12(7-2-3-7)18(16,17)8-4-5-9(11)10(6-8)13(14)15/h4-7H,2-3,11H2,1H3. The van der Waals surface area contributed by atoms with E-state index in [1.807, 2.05) is 0 Å². The molecule has 0 radical (unpaired) electrons. The van der Waals surface area contributed by atoms with Crippen molar-refractivity contribution in [3.8, 4) is 0 Å². The molecule has 0 aliphatic heterocycles. The topological polar surface area (TPSA) is 107 Å². The van der Waals surface area contributed by atoms with Gasteiger partial charge in [-0.15, -0.1) is 0 Å². The minimum absolute atomic E-state index is 0.00612. The molecule has 98 valence electrons. The van der Waals surface area contributed by atoms with Gasteiger partial charge >= 0.3 is 0 Å². The number of nitrogens with zero attached hydrogens (tertiary/aromatic N) is 2. The number of nitrogens with two attached hydrogens (primary N) is 1. The van der Waals surface area contributed by atoms with Crippen LogP contribution in [-0.4, -0.2) is 30.7 Å². The zero-order valence-corrected chi connectivity index (χ0v) is 10.6. The summed E-state index contributed by atoms with van der Waals surface area (Å²) < 4.78 is 25.6. The number of rotatable bonds is 4. The van der Waals surface area contributed by atoms with E-state index in [2.05, 4.69) is 0 Å². The number of anilines is 1. The Hall–Kier alpha value is -1.67. The van der Waals surface area contributed by atoms with Crippen molar-refractivity contribution in [1.29, 1.82) is 0 Å². The summed E-state index contributed by atoms with van der Waals surface area (Å²) in [5.74, 6) is 0. The molecular weight excluding hydrogens is 258 g/mol. The van der Waals surface area contributed by atoms with Crippen molar-refractivity contribution in [2.75, 3.05) is 12.8 Å². The number of sulfonamides is 1. The Morgan fingerprint density at radius 3 is 2.56 bits per heavy atom. The summed E-state index contributed by atoms with van der Waals surface area (Å²) in [5, 5.41) is 10.7. The Labute approximate surface area is 104 Å². The SMILES string of the molecule is CN(C1CC1)S(=O)(=O)c1ccc(N)c([N+](=O)[O-])c1. The maximum Gasteiger partial charge on any atom is 0.293 e. The van der Waals surface area contributed by atoms with E-state index in [1.54, 1.807) is 0 Å². The predicted molar refractivity (Wildman–Crippen MR) is 65.5 cm³/mol. The number of nitro benzene ring substituents is 1. The molecule has 18 heavy (non-hydrogen) atoms. The molecule has 1 fully saturated rings. The quantitative estimate of drug-likeness (QED) is 0.498. The van der Waals surface area contributed by atoms with Crippen molar-refractivity contribution in [2.45, 2.75) is 23.8 Å². The molecule has 8 heteroatoms. The summed E-state index contributed by atoms with van der Waals surface area (Å²) in [5.41, 5.74) is 5.00. The van der Waals surface area contributed by atoms with E-state index in [0.29, 0.717) is 0 Å². The molecule has 1 aromatic rings. The van der Waals surface area contributed by atoms with E-state index in [9.17, 15) is 18.5 Å². The molecule has 1 aliphatic rings. The molecule has 0 bridgehead atoms. The first-order chi connectivity index (χ1) is 8.34. The number of hydrogen-bond donors (Lipinski definition) is 1. The fourth-order valence-corrected chi connectivity index (χ4v) is 3.08. The van der Waals surface area contributed by atoms with Crippen molar-refractivity contribution < 1.29 is 13.3 Å². The Bertz CT molecular complexity index is 595. The molecule has 0 amide bonds. The molecule has 7 nitrogen and oxygen atoms in total. The van der Waals surface area contributed by atoms with Crippen LogP contribution in [-0.2, 0) is 10.0 Å². The first kappa shape index (κ1) is 12.8. The third-order valence-corrected chi connectivity index (χ3v) is 4.84. The van der Waals surface area contributed by atoms with Crippen LogP contribution < -0.4 is 5.73 Å². The van der Waals surface area contributed by atoms with E-state index >= 15 is 0 Å². The van der Waals surface area contributed by atoms with Gasteiger partial charge in [-0.3, -0.25) is 10.1 Å². The second-order valence-electron chi connectivity index (χ2n) is 4.23. The molecule has 0 aromatic heterocycles. The van der Waals surface area contributed by atoms with E-state index < -0.39 is 14.9 Å². The van der Waals surface area contributed by atoms with Gasteiger partial charge in [-0.2, -0.15) is 4.31 Å². The van der Waals surface area contributed by atoms with E-state index in [1.165, 1.54) is 23.5 Å². The van der Waals surface area contributed by atoms with E-state index in [-0.39, 0.29) is 22.3 Å². The first-order valence-electron chi connectivity index (χ1n) is 5.36. The Kier molecular flexibility index (Phi) is 2.99. The van der Waals surface area contributed by atoms with Gasteiger partial charge in [0.15, 0.2) is 0 Å². The lowest BCUT2D eigenvalue weighted by Crippen LogP contribution is -2.29. The minimum Gasteiger partial charge on any atom is -0.393 e. The van der Waals surface area contributed by atoms with Gasteiger partial charge in [0.25, 0.3) is 5.69 Å². The fraction of sp³-hybridized carbons (Fsp3) is 0.400. The predicted octanol–water partition coefficient (Wildman–Crippen LogP) is 0.960.